The zero-order valence-electron chi connectivity index (χ0n) is 6.24. The molecule has 0 bridgehead atoms. The zero-order valence-corrected chi connectivity index (χ0v) is 7.82. The first kappa shape index (κ1) is 9.67. The summed E-state index contributed by atoms with van der Waals surface area (Å²) in [5.74, 6) is -0.712. The van der Waals surface area contributed by atoms with Crippen LogP contribution < -0.4 is 0 Å². The molecule has 5 heteroatoms. The highest BCUT2D eigenvalue weighted by molar-refractivity contribution is 7.16. The quantitative estimate of drug-likeness (QED) is 0.565. The molecule has 0 spiro atoms. The van der Waals surface area contributed by atoms with Crippen LogP contribution in [0.15, 0.2) is 6.07 Å². The second-order valence-corrected chi connectivity index (χ2v) is 4.15. The average Bonchev–Trinajstić information content (AvgIpc) is 2.28. The Morgan fingerprint density at radius 3 is 2.58 bits per heavy atom. The van der Waals surface area contributed by atoms with E-state index < -0.39 is 12.1 Å². The molecule has 0 radical (unpaired) electrons. The first-order valence-electron chi connectivity index (χ1n) is 3.18. The monoisotopic (exact) mass is 206 g/mol. The van der Waals surface area contributed by atoms with E-state index in [1.54, 1.807) is 6.92 Å². The van der Waals surface area contributed by atoms with Crippen LogP contribution >= 0.6 is 22.9 Å². The molecule has 1 heterocycles. The lowest BCUT2D eigenvalue weighted by Crippen LogP contribution is -2.19. The van der Waals surface area contributed by atoms with E-state index in [-0.39, 0.29) is 5.56 Å². The third-order valence-electron chi connectivity index (χ3n) is 1.39. The van der Waals surface area contributed by atoms with Gasteiger partial charge in [-0.25, -0.2) is 0 Å². The molecule has 3 nitrogen and oxygen atoms in total. The van der Waals surface area contributed by atoms with E-state index in [0.717, 1.165) is 0 Å². The number of hydrogen-bond acceptors (Lipinski definition) is 4. The Morgan fingerprint density at radius 2 is 2.25 bits per heavy atom. The summed E-state index contributed by atoms with van der Waals surface area (Å²) >= 11 is 6.85. The van der Waals surface area contributed by atoms with Crippen LogP contribution in [-0.4, -0.2) is 22.3 Å². The lowest BCUT2D eigenvalue weighted by molar-refractivity contribution is -0.0195. The van der Waals surface area contributed by atoms with Gasteiger partial charge in [-0.2, -0.15) is 0 Å². The third kappa shape index (κ3) is 1.84. The lowest BCUT2D eigenvalue weighted by Gasteiger charge is -1.99. The van der Waals surface area contributed by atoms with Gasteiger partial charge in [-0.15, -0.1) is 11.3 Å². The molecule has 0 aromatic carbocycles. The Morgan fingerprint density at radius 1 is 1.67 bits per heavy atom. The van der Waals surface area contributed by atoms with Crippen molar-refractivity contribution in [3.8, 4) is 0 Å². The summed E-state index contributed by atoms with van der Waals surface area (Å²) in [4.78, 5) is 11.7. The smallest absolute Gasteiger partial charge is 0.219 e. The van der Waals surface area contributed by atoms with Crippen LogP contribution in [0.1, 0.15) is 15.2 Å². The molecule has 0 saturated carbocycles. The van der Waals surface area contributed by atoms with Gasteiger partial charge in [-0.3, -0.25) is 4.79 Å². The highest BCUT2D eigenvalue weighted by atomic mass is 35.5. The molecule has 0 aliphatic heterocycles. The number of Topliss-reactive ketones (excluding diaryl/α,β-unsaturated/α-hetero) is 1. The van der Waals surface area contributed by atoms with Crippen molar-refractivity contribution in [1.29, 1.82) is 0 Å². The Hall–Kier alpha value is -0.420. The van der Waals surface area contributed by atoms with Gasteiger partial charge in [0.15, 0.2) is 0 Å². The normalized spacial score (nSPS) is 10.8. The van der Waals surface area contributed by atoms with Crippen molar-refractivity contribution in [2.45, 2.75) is 13.2 Å². The summed E-state index contributed by atoms with van der Waals surface area (Å²) in [5.41, 5.74) is 0.278. The highest BCUT2D eigenvalue weighted by Gasteiger charge is 2.18. The van der Waals surface area contributed by atoms with Crippen molar-refractivity contribution in [3.63, 3.8) is 0 Å². The predicted molar refractivity (Wildman–Crippen MR) is 46.6 cm³/mol. The van der Waals surface area contributed by atoms with Crippen molar-refractivity contribution in [3.05, 3.63) is 20.8 Å². The predicted octanol–water partition coefficient (Wildman–Crippen LogP) is 1.20. The zero-order chi connectivity index (χ0) is 9.30. The summed E-state index contributed by atoms with van der Waals surface area (Å²) in [6, 6.07) is 1.43. The van der Waals surface area contributed by atoms with Crippen LogP contribution in [0.5, 0.6) is 0 Å². The number of aliphatic hydroxyl groups excluding tert-OH is 1. The summed E-state index contributed by atoms with van der Waals surface area (Å²) in [6.07, 6.45) is -1.95. The first-order valence-corrected chi connectivity index (χ1v) is 4.38. The molecule has 12 heavy (non-hydrogen) atoms. The molecule has 1 aromatic rings. The Kier molecular flexibility index (Phi) is 2.85. The Bertz CT molecular complexity index is 306. The molecule has 0 atom stereocenters. The number of rotatable bonds is 2. The van der Waals surface area contributed by atoms with Gasteiger partial charge in [0, 0.05) is 10.4 Å². The number of halogens is 1. The Balaban J connectivity index is 3.02. The molecule has 0 aliphatic carbocycles. The molecule has 0 unspecified atom stereocenters. The maximum absolute atomic E-state index is 11.0. The van der Waals surface area contributed by atoms with Crippen LogP contribution in [0.2, 0.25) is 4.34 Å². The second kappa shape index (κ2) is 3.53. The highest BCUT2D eigenvalue weighted by Crippen LogP contribution is 2.26. The molecule has 1 rings (SSSR count). The minimum Gasteiger partial charge on any atom is -0.362 e. The van der Waals surface area contributed by atoms with Crippen LogP contribution in [0.4, 0.5) is 0 Å². The Labute approximate surface area is 78.2 Å². The van der Waals surface area contributed by atoms with Crippen molar-refractivity contribution in [2.24, 2.45) is 0 Å². The minimum atomic E-state index is -1.95. The van der Waals surface area contributed by atoms with Gasteiger partial charge in [0.25, 0.3) is 0 Å². The fourth-order valence-corrected chi connectivity index (χ4v) is 2.02. The molecular weight excluding hydrogens is 200 g/mol. The topological polar surface area (TPSA) is 57.5 Å². The molecule has 2 N–H and O–H groups in total. The fourth-order valence-electron chi connectivity index (χ4n) is 0.830. The van der Waals surface area contributed by atoms with E-state index >= 15 is 0 Å². The lowest BCUT2D eigenvalue weighted by atomic mass is 10.2. The second-order valence-electron chi connectivity index (χ2n) is 2.26. The van der Waals surface area contributed by atoms with Gasteiger partial charge in [0.2, 0.25) is 12.1 Å². The molecular formula is C7H7ClO3S. The molecule has 0 amide bonds. The van der Waals surface area contributed by atoms with E-state index in [2.05, 4.69) is 0 Å². The number of aryl methyl sites for hydroxylation is 1. The van der Waals surface area contributed by atoms with Crippen molar-refractivity contribution >= 4 is 28.7 Å². The molecule has 0 aliphatic rings. The number of hydrogen-bond donors (Lipinski definition) is 2. The van der Waals surface area contributed by atoms with E-state index in [9.17, 15) is 4.79 Å². The summed E-state index contributed by atoms with van der Waals surface area (Å²) in [7, 11) is 0. The minimum absolute atomic E-state index is 0.278. The van der Waals surface area contributed by atoms with Gasteiger partial charge in [-0.1, -0.05) is 11.6 Å². The van der Waals surface area contributed by atoms with Crippen LogP contribution in [0.25, 0.3) is 0 Å². The third-order valence-corrected chi connectivity index (χ3v) is 2.57. The number of aliphatic hydroxyl groups is 2. The van der Waals surface area contributed by atoms with E-state index in [0.29, 0.717) is 9.21 Å². The average molecular weight is 207 g/mol. The van der Waals surface area contributed by atoms with Crippen LogP contribution in [-0.2, 0) is 0 Å². The van der Waals surface area contributed by atoms with Gasteiger partial charge in [0.1, 0.15) is 0 Å². The van der Waals surface area contributed by atoms with Gasteiger partial charge < -0.3 is 10.2 Å². The van der Waals surface area contributed by atoms with Crippen molar-refractivity contribution in [2.75, 3.05) is 0 Å². The SMILES string of the molecule is Cc1sc(Cl)cc1C(=O)C(O)O. The fraction of sp³-hybridized carbons (Fsp3) is 0.286. The number of carbonyl (C=O) groups excluding carboxylic acids is 1. The standard InChI is InChI=1S/C7H7ClO3S/c1-3-4(2-5(8)12-3)6(9)7(10)11/h2,7,10-11H,1H3. The van der Waals surface area contributed by atoms with Gasteiger partial charge in [0.05, 0.1) is 4.34 Å². The van der Waals surface area contributed by atoms with E-state index in [1.807, 2.05) is 0 Å². The van der Waals surface area contributed by atoms with E-state index in [1.165, 1.54) is 17.4 Å². The van der Waals surface area contributed by atoms with Crippen molar-refractivity contribution < 1.29 is 15.0 Å². The van der Waals surface area contributed by atoms with E-state index in [4.69, 9.17) is 21.8 Å². The first-order chi connectivity index (χ1) is 5.52. The number of ketones is 1. The summed E-state index contributed by atoms with van der Waals surface area (Å²) < 4.78 is 0.469. The van der Waals surface area contributed by atoms with Crippen LogP contribution in [0, 0.1) is 6.92 Å². The maximum atomic E-state index is 11.0. The van der Waals surface area contributed by atoms with Gasteiger partial charge >= 0.3 is 0 Å². The molecule has 0 saturated heterocycles. The number of thiophene rings is 1. The summed E-state index contributed by atoms with van der Waals surface area (Å²) in [6.45, 7) is 1.70. The molecule has 66 valence electrons. The molecule has 1 aromatic heterocycles. The largest absolute Gasteiger partial charge is 0.362 e. The molecule has 0 fully saturated rings. The van der Waals surface area contributed by atoms with Gasteiger partial charge in [-0.05, 0) is 13.0 Å². The maximum Gasteiger partial charge on any atom is 0.219 e. The van der Waals surface area contributed by atoms with Crippen molar-refractivity contribution in [1.82, 2.24) is 0 Å². The van der Waals surface area contributed by atoms with Crippen LogP contribution in [0.3, 0.4) is 0 Å². The number of carbonyl (C=O) groups is 1. The summed E-state index contributed by atoms with van der Waals surface area (Å²) in [5, 5.41) is 17.2.